The Morgan fingerprint density at radius 2 is 2.40 bits per heavy atom. The number of rotatable bonds is 4. The number of nitrogens with zero attached hydrogens (tertiary/aromatic N) is 2. The minimum Gasteiger partial charge on any atom is -0.465 e. The zero-order chi connectivity index (χ0) is 11.1. The summed E-state index contributed by atoms with van der Waals surface area (Å²) in [7, 11) is 0. The molecule has 4 nitrogen and oxygen atoms in total. The first-order valence-electron chi connectivity index (χ1n) is 5.57. The average molecular weight is 210 g/mol. The Morgan fingerprint density at radius 3 is 3.07 bits per heavy atom. The highest BCUT2D eigenvalue weighted by atomic mass is 16.5. The van der Waals surface area contributed by atoms with Crippen molar-refractivity contribution in [2.75, 3.05) is 19.7 Å². The number of ether oxygens (including phenoxy) is 1. The second-order valence-corrected chi connectivity index (χ2v) is 3.71. The van der Waals surface area contributed by atoms with Crippen LogP contribution in [0.2, 0.25) is 0 Å². The quantitative estimate of drug-likeness (QED) is 0.657. The van der Waals surface area contributed by atoms with Gasteiger partial charge in [-0.2, -0.15) is 5.26 Å². The molecule has 1 aliphatic heterocycles. The first kappa shape index (κ1) is 12.0. The van der Waals surface area contributed by atoms with Gasteiger partial charge in [0.1, 0.15) is 6.04 Å². The van der Waals surface area contributed by atoms with E-state index in [-0.39, 0.29) is 12.0 Å². The summed E-state index contributed by atoms with van der Waals surface area (Å²) in [6, 6.07) is 1.99. The molecule has 0 N–H and O–H groups in total. The van der Waals surface area contributed by atoms with Crippen LogP contribution in [0, 0.1) is 11.3 Å². The minimum atomic E-state index is -0.130. The van der Waals surface area contributed by atoms with Crippen molar-refractivity contribution in [2.45, 2.75) is 38.6 Å². The van der Waals surface area contributed by atoms with Crippen LogP contribution >= 0.6 is 0 Å². The molecule has 1 saturated heterocycles. The SMILES string of the molecule is CCOC(=O)C1CCCCN1CCC#N. The number of carbonyl (C=O) groups excluding carboxylic acids is 1. The standard InChI is InChI=1S/C11H18N2O2/c1-2-15-11(14)10-6-3-4-8-13(10)9-5-7-12/h10H,2-6,8-9H2,1H3. The third-order valence-electron chi connectivity index (χ3n) is 2.68. The van der Waals surface area contributed by atoms with Gasteiger partial charge in [-0.3, -0.25) is 9.69 Å². The molecule has 0 aromatic heterocycles. The van der Waals surface area contributed by atoms with Crippen molar-refractivity contribution in [1.29, 1.82) is 5.26 Å². The van der Waals surface area contributed by atoms with Gasteiger partial charge in [-0.1, -0.05) is 6.42 Å². The molecule has 1 fully saturated rings. The fraction of sp³-hybridized carbons (Fsp3) is 0.818. The van der Waals surface area contributed by atoms with Gasteiger partial charge in [-0.15, -0.1) is 0 Å². The van der Waals surface area contributed by atoms with Crippen molar-refractivity contribution in [2.24, 2.45) is 0 Å². The first-order valence-corrected chi connectivity index (χ1v) is 5.57. The monoisotopic (exact) mass is 210 g/mol. The fourth-order valence-electron chi connectivity index (χ4n) is 1.96. The summed E-state index contributed by atoms with van der Waals surface area (Å²) in [5, 5.41) is 8.53. The molecule has 1 aliphatic rings. The molecule has 15 heavy (non-hydrogen) atoms. The normalized spacial score (nSPS) is 22.0. The van der Waals surface area contributed by atoms with E-state index >= 15 is 0 Å². The summed E-state index contributed by atoms with van der Waals surface area (Å²) in [5.41, 5.74) is 0. The summed E-state index contributed by atoms with van der Waals surface area (Å²) in [5.74, 6) is -0.130. The van der Waals surface area contributed by atoms with Crippen molar-refractivity contribution in [1.82, 2.24) is 4.90 Å². The third-order valence-corrected chi connectivity index (χ3v) is 2.68. The highest BCUT2D eigenvalue weighted by Crippen LogP contribution is 2.18. The molecule has 1 unspecified atom stereocenters. The van der Waals surface area contributed by atoms with Gasteiger partial charge in [0.25, 0.3) is 0 Å². The summed E-state index contributed by atoms with van der Waals surface area (Å²) in [6.07, 6.45) is 3.54. The van der Waals surface area contributed by atoms with Crippen LogP contribution in [0.15, 0.2) is 0 Å². The van der Waals surface area contributed by atoms with Gasteiger partial charge < -0.3 is 4.74 Å². The van der Waals surface area contributed by atoms with Gasteiger partial charge >= 0.3 is 5.97 Å². The molecule has 0 radical (unpaired) electrons. The molecule has 1 rings (SSSR count). The third kappa shape index (κ3) is 3.52. The van der Waals surface area contributed by atoms with Crippen LogP contribution in [0.25, 0.3) is 0 Å². The van der Waals surface area contributed by atoms with Crippen molar-refractivity contribution in [3.05, 3.63) is 0 Å². The van der Waals surface area contributed by atoms with Crippen molar-refractivity contribution in [3.63, 3.8) is 0 Å². The lowest BCUT2D eigenvalue weighted by Gasteiger charge is -2.33. The van der Waals surface area contributed by atoms with E-state index in [1.165, 1.54) is 0 Å². The van der Waals surface area contributed by atoms with Gasteiger partial charge in [0, 0.05) is 13.0 Å². The molecule has 0 bridgehead atoms. The Hall–Kier alpha value is -1.08. The number of likely N-dealkylation sites (tertiary alicyclic amines) is 1. The van der Waals surface area contributed by atoms with Crippen LogP contribution in [-0.2, 0) is 9.53 Å². The number of nitriles is 1. The Kier molecular flexibility index (Phi) is 5.13. The van der Waals surface area contributed by atoms with Gasteiger partial charge in [0.2, 0.25) is 0 Å². The summed E-state index contributed by atoms with van der Waals surface area (Å²) in [4.78, 5) is 13.7. The van der Waals surface area contributed by atoms with E-state index < -0.39 is 0 Å². The van der Waals surface area contributed by atoms with E-state index in [2.05, 4.69) is 11.0 Å². The number of hydrogen-bond acceptors (Lipinski definition) is 4. The summed E-state index contributed by atoms with van der Waals surface area (Å²) >= 11 is 0. The van der Waals surface area contributed by atoms with E-state index in [0.717, 1.165) is 25.8 Å². The molecule has 4 heteroatoms. The smallest absolute Gasteiger partial charge is 0.323 e. The molecular weight excluding hydrogens is 192 g/mol. The Balaban J connectivity index is 2.49. The predicted octanol–water partition coefficient (Wildman–Crippen LogP) is 1.32. The van der Waals surface area contributed by atoms with E-state index in [1.807, 2.05) is 6.92 Å². The van der Waals surface area contributed by atoms with Crippen molar-refractivity contribution < 1.29 is 9.53 Å². The van der Waals surface area contributed by atoms with E-state index in [9.17, 15) is 4.79 Å². The van der Waals surface area contributed by atoms with Gasteiger partial charge in [0.15, 0.2) is 0 Å². The van der Waals surface area contributed by atoms with E-state index in [4.69, 9.17) is 10.00 Å². The van der Waals surface area contributed by atoms with Crippen LogP contribution < -0.4 is 0 Å². The van der Waals surface area contributed by atoms with Gasteiger partial charge in [0.05, 0.1) is 12.7 Å². The largest absolute Gasteiger partial charge is 0.465 e. The Morgan fingerprint density at radius 1 is 1.60 bits per heavy atom. The number of esters is 1. The van der Waals surface area contributed by atoms with Crippen LogP contribution in [0.3, 0.4) is 0 Å². The molecule has 1 atom stereocenters. The lowest BCUT2D eigenvalue weighted by Crippen LogP contribution is -2.45. The van der Waals surface area contributed by atoms with Crippen LogP contribution in [-0.4, -0.2) is 36.6 Å². The Bertz CT molecular complexity index is 247. The second-order valence-electron chi connectivity index (χ2n) is 3.71. The van der Waals surface area contributed by atoms with E-state index in [1.54, 1.807) is 0 Å². The van der Waals surface area contributed by atoms with Crippen molar-refractivity contribution in [3.8, 4) is 6.07 Å². The lowest BCUT2D eigenvalue weighted by atomic mass is 10.0. The minimum absolute atomic E-state index is 0.118. The topological polar surface area (TPSA) is 53.3 Å². The highest BCUT2D eigenvalue weighted by molar-refractivity contribution is 5.75. The average Bonchev–Trinajstić information content (AvgIpc) is 2.27. The van der Waals surface area contributed by atoms with Crippen molar-refractivity contribution >= 4 is 5.97 Å². The maximum absolute atomic E-state index is 11.6. The van der Waals surface area contributed by atoms with Crippen LogP contribution in [0.1, 0.15) is 32.6 Å². The molecule has 84 valence electrons. The Labute approximate surface area is 90.8 Å². The molecule has 0 saturated carbocycles. The van der Waals surface area contributed by atoms with Crippen LogP contribution in [0.5, 0.6) is 0 Å². The van der Waals surface area contributed by atoms with E-state index in [0.29, 0.717) is 19.6 Å². The summed E-state index contributed by atoms with van der Waals surface area (Å²) in [6.45, 7) is 3.84. The summed E-state index contributed by atoms with van der Waals surface area (Å²) < 4.78 is 5.03. The number of hydrogen-bond donors (Lipinski definition) is 0. The maximum atomic E-state index is 11.6. The maximum Gasteiger partial charge on any atom is 0.323 e. The molecule has 0 amide bonds. The predicted molar refractivity (Wildman–Crippen MR) is 56.1 cm³/mol. The highest BCUT2D eigenvalue weighted by Gasteiger charge is 2.29. The first-order chi connectivity index (χ1) is 7.29. The van der Waals surface area contributed by atoms with Crippen LogP contribution in [0.4, 0.5) is 0 Å². The zero-order valence-corrected chi connectivity index (χ0v) is 9.24. The van der Waals surface area contributed by atoms with Gasteiger partial charge in [-0.05, 0) is 26.3 Å². The molecular formula is C11H18N2O2. The molecule has 0 spiro atoms. The fourth-order valence-corrected chi connectivity index (χ4v) is 1.96. The molecule has 1 heterocycles. The number of piperidine rings is 1. The molecule has 0 aromatic carbocycles. The number of carbonyl (C=O) groups is 1. The second kappa shape index (κ2) is 6.41. The van der Waals surface area contributed by atoms with Gasteiger partial charge in [-0.25, -0.2) is 0 Å². The lowest BCUT2D eigenvalue weighted by molar-refractivity contribution is -0.150. The molecule has 0 aliphatic carbocycles. The molecule has 0 aromatic rings. The zero-order valence-electron chi connectivity index (χ0n) is 9.24.